The fraction of sp³-hybridized carbons (Fsp3) is 0.533. The largest absolute Gasteiger partial charge is 0.383 e. The summed E-state index contributed by atoms with van der Waals surface area (Å²) in [6, 6.07) is 5.73. The molecular weight excluding hydrogens is 322 g/mol. The molecule has 112 valence electrons. The Hall–Kier alpha value is -0.910. The van der Waals surface area contributed by atoms with Crippen molar-refractivity contribution >= 4 is 21.8 Å². The van der Waals surface area contributed by atoms with E-state index in [2.05, 4.69) is 15.9 Å². The topological polar surface area (TPSA) is 38.8 Å². The lowest BCUT2D eigenvalue weighted by molar-refractivity contribution is 0.0479. The molecule has 0 aliphatic heterocycles. The van der Waals surface area contributed by atoms with Gasteiger partial charge < -0.3 is 14.4 Å². The van der Waals surface area contributed by atoms with Gasteiger partial charge in [-0.3, -0.25) is 4.79 Å². The Morgan fingerprint density at radius 2 is 2.05 bits per heavy atom. The maximum absolute atomic E-state index is 12.7. The minimum absolute atomic E-state index is 0.000955. The van der Waals surface area contributed by atoms with Gasteiger partial charge in [0.2, 0.25) is 0 Å². The van der Waals surface area contributed by atoms with Crippen LogP contribution < -0.4 is 0 Å². The van der Waals surface area contributed by atoms with E-state index >= 15 is 0 Å². The molecule has 1 aromatic rings. The van der Waals surface area contributed by atoms with Gasteiger partial charge in [0.05, 0.1) is 19.3 Å². The van der Waals surface area contributed by atoms with Crippen molar-refractivity contribution in [3.05, 3.63) is 33.8 Å². The Kier molecular flexibility index (Phi) is 7.19. The second kappa shape index (κ2) is 8.39. The van der Waals surface area contributed by atoms with Gasteiger partial charge in [-0.2, -0.15) is 0 Å². The van der Waals surface area contributed by atoms with Crippen LogP contribution in [0.25, 0.3) is 0 Å². The zero-order chi connectivity index (χ0) is 15.1. The molecule has 1 aromatic carbocycles. The molecule has 0 fully saturated rings. The number of methoxy groups -OCH3 is 2. The summed E-state index contributed by atoms with van der Waals surface area (Å²) in [5, 5.41) is 0. The summed E-state index contributed by atoms with van der Waals surface area (Å²) in [6.45, 7) is 5.47. The van der Waals surface area contributed by atoms with Crippen LogP contribution in [0.15, 0.2) is 22.7 Å². The fourth-order valence-electron chi connectivity index (χ4n) is 2.02. The van der Waals surface area contributed by atoms with E-state index in [0.29, 0.717) is 25.3 Å². The Labute approximate surface area is 129 Å². The summed E-state index contributed by atoms with van der Waals surface area (Å²) >= 11 is 3.41. The molecule has 0 N–H and O–H groups in total. The van der Waals surface area contributed by atoms with Gasteiger partial charge in [-0.15, -0.1) is 0 Å². The molecule has 0 aromatic heterocycles. The molecule has 1 atom stereocenters. The minimum Gasteiger partial charge on any atom is -0.383 e. The van der Waals surface area contributed by atoms with E-state index in [1.54, 1.807) is 19.1 Å². The second-order valence-electron chi connectivity index (χ2n) is 4.75. The van der Waals surface area contributed by atoms with Crippen LogP contribution in [0.2, 0.25) is 0 Å². The third kappa shape index (κ3) is 4.58. The van der Waals surface area contributed by atoms with Gasteiger partial charge in [-0.05, 0) is 31.5 Å². The number of halogens is 1. The van der Waals surface area contributed by atoms with Crippen molar-refractivity contribution in [1.29, 1.82) is 0 Å². The van der Waals surface area contributed by atoms with Crippen LogP contribution in [0, 0.1) is 6.92 Å². The quantitative estimate of drug-likeness (QED) is 0.764. The lowest BCUT2D eigenvalue weighted by atomic mass is 10.1. The van der Waals surface area contributed by atoms with Crippen molar-refractivity contribution < 1.29 is 14.3 Å². The van der Waals surface area contributed by atoms with Crippen molar-refractivity contribution in [2.45, 2.75) is 19.9 Å². The van der Waals surface area contributed by atoms with Gasteiger partial charge in [-0.1, -0.05) is 22.0 Å². The average molecular weight is 344 g/mol. The normalized spacial score (nSPS) is 12.2. The number of rotatable bonds is 7. The number of amides is 1. The Morgan fingerprint density at radius 1 is 1.35 bits per heavy atom. The van der Waals surface area contributed by atoms with Crippen LogP contribution in [-0.2, 0) is 9.47 Å². The van der Waals surface area contributed by atoms with E-state index in [-0.39, 0.29) is 11.9 Å². The van der Waals surface area contributed by atoms with Gasteiger partial charge in [0.15, 0.2) is 0 Å². The summed E-state index contributed by atoms with van der Waals surface area (Å²) in [4.78, 5) is 14.5. The molecule has 0 radical (unpaired) electrons. The summed E-state index contributed by atoms with van der Waals surface area (Å²) in [5.41, 5.74) is 1.67. The first-order valence-corrected chi connectivity index (χ1v) is 7.35. The number of aryl methyl sites for hydroxylation is 1. The smallest absolute Gasteiger partial charge is 0.254 e. The van der Waals surface area contributed by atoms with E-state index in [0.717, 1.165) is 10.0 Å². The highest BCUT2D eigenvalue weighted by atomic mass is 79.9. The van der Waals surface area contributed by atoms with Gasteiger partial charge in [0.25, 0.3) is 5.91 Å². The van der Waals surface area contributed by atoms with Crippen molar-refractivity contribution in [3.8, 4) is 0 Å². The fourth-order valence-corrected chi connectivity index (χ4v) is 2.38. The third-order valence-corrected chi connectivity index (χ3v) is 3.66. The molecular formula is C15H22BrNO3. The predicted molar refractivity (Wildman–Crippen MR) is 83.1 cm³/mol. The lowest BCUT2D eigenvalue weighted by Gasteiger charge is -2.29. The van der Waals surface area contributed by atoms with Crippen molar-refractivity contribution in [3.63, 3.8) is 0 Å². The molecule has 0 aliphatic rings. The molecule has 0 saturated carbocycles. The summed E-state index contributed by atoms with van der Waals surface area (Å²) in [6.07, 6.45) is 0. The number of carbonyl (C=O) groups is 1. The van der Waals surface area contributed by atoms with Crippen molar-refractivity contribution in [1.82, 2.24) is 4.90 Å². The van der Waals surface area contributed by atoms with E-state index in [4.69, 9.17) is 9.47 Å². The van der Waals surface area contributed by atoms with Crippen LogP contribution in [-0.4, -0.2) is 50.8 Å². The van der Waals surface area contributed by atoms with Crippen LogP contribution in [0.5, 0.6) is 0 Å². The van der Waals surface area contributed by atoms with Gasteiger partial charge >= 0.3 is 0 Å². The van der Waals surface area contributed by atoms with Crippen molar-refractivity contribution in [2.24, 2.45) is 0 Å². The highest BCUT2D eigenvalue weighted by molar-refractivity contribution is 9.10. The monoisotopic (exact) mass is 343 g/mol. The zero-order valence-electron chi connectivity index (χ0n) is 12.5. The first-order valence-electron chi connectivity index (χ1n) is 6.56. The van der Waals surface area contributed by atoms with Gasteiger partial charge in [0.1, 0.15) is 0 Å². The maximum atomic E-state index is 12.7. The number of hydrogen-bond acceptors (Lipinski definition) is 3. The van der Waals surface area contributed by atoms with Crippen LogP contribution in [0.3, 0.4) is 0 Å². The highest BCUT2D eigenvalue weighted by Crippen LogP contribution is 2.19. The average Bonchev–Trinajstić information content (AvgIpc) is 2.42. The van der Waals surface area contributed by atoms with Crippen LogP contribution in [0.4, 0.5) is 0 Å². The molecule has 4 nitrogen and oxygen atoms in total. The van der Waals surface area contributed by atoms with Crippen LogP contribution >= 0.6 is 15.9 Å². The summed E-state index contributed by atoms with van der Waals surface area (Å²) in [7, 11) is 3.27. The SMILES string of the molecule is COCCN(C(=O)c1cc(Br)ccc1C)C(C)COC. The van der Waals surface area contributed by atoms with Crippen LogP contribution in [0.1, 0.15) is 22.8 Å². The highest BCUT2D eigenvalue weighted by Gasteiger charge is 2.22. The molecule has 1 amide bonds. The molecule has 0 aliphatic carbocycles. The second-order valence-corrected chi connectivity index (χ2v) is 5.67. The summed E-state index contributed by atoms with van der Waals surface area (Å²) < 4.78 is 11.2. The van der Waals surface area contributed by atoms with E-state index in [9.17, 15) is 4.79 Å². The van der Waals surface area contributed by atoms with Crippen molar-refractivity contribution in [2.75, 3.05) is 34.0 Å². The maximum Gasteiger partial charge on any atom is 0.254 e. The number of hydrogen-bond donors (Lipinski definition) is 0. The Bertz CT molecular complexity index is 451. The molecule has 1 unspecified atom stereocenters. The van der Waals surface area contributed by atoms with E-state index < -0.39 is 0 Å². The Balaban J connectivity index is 2.99. The first-order chi connectivity index (χ1) is 9.51. The molecule has 0 spiro atoms. The first kappa shape index (κ1) is 17.1. The molecule has 0 bridgehead atoms. The molecule has 5 heteroatoms. The minimum atomic E-state index is 0.000955. The number of ether oxygens (including phenoxy) is 2. The number of benzene rings is 1. The lowest BCUT2D eigenvalue weighted by Crippen LogP contribution is -2.43. The predicted octanol–water partition coefficient (Wildman–Crippen LogP) is 2.88. The third-order valence-electron chi connectivity index (χ3n) is 3.17. The van der Waals surface area contributed by atoms with E-state index in [1.165, 1.54) is 0 Å². The molecule has 20 heavy (non-hydrogen) atoms. The zero-order valence-corrected chi connectivity index (χ0v) is 14.1. The van der Waals surface area contributed by atoms with E-state index in [1.807, 2.05) is 32.0 Å². The molecule has 0 saturated heterocycles. The molecule has 1 rings (SSSR count). The Morgan fingerprint density at radius 3 is 2.65 bits per heavy atom. The number of carbonyl (C=O) groups excluding carboxylic acids is 1. The molecule has 0 heterocycles. The van der Waals surface area contributed by atoms with Gasteiger partial charge in [-0.25, -0.2) is 0 Å². The summed E-state index contributed by atoms with van der Waals surface area (Å²) in [5.74, 6) is 0.00500. The van der Waals surface area contributed by atoms with Gasteiger partial charge in [0, 0.05) is 30.8 Å². The standard InChI is InChI=1S/C15H22BrNO3/c1-11-5-6-13(16)9-14(11)15(18)17(7-8-19-3)12(2)10-20-4/h5-6,9,12H,7-8,10H2,1-4H3. The number of nitrogens with zero attached hydrogens (tertiary/aromatic N) is 1.